The summed E-state index contributed by atoms with van der Waals surface area (Å²) in [5, 5.41) is 0. The minimum Gasteiger partial charge on any atom is -0.300 e. The van der Waals surface area contributed by atoms with Gasteiger partial charge in [-0.05, 0) is 19.8 Å². The van der Waals surface area contributed by atoms with E-state index in [1.165, 1.54) is 0 Å². The third-order valence-electron chi connectivity index (χ3n) is 2.68. The van der Waals surface area contributed by atoms with E-state index in [-0.39, 0.29) is 11.5 Å². The first-order valence-electron chi connectivity index (χ1n) is 6.36. The summed E-state index contributed by atoms with van der Waals surface area (Å²) in [4.78, 5) is 10.7. The van der Waals surface area contributed by atoms with Crippen molar-refractivity contribution >= 4 is 15.9 Å². The highest BCUT2D eigenvalue weighted by molar-refractivity contribution is 7.85. The minimum absolute atomic E-state index is 0.119. The van der Waals surface area contributed by atoms with E-state index in [4.69, 9.17) is 4.55 Å². The molecule has 0 aromatic carbocycles. The van der Waals surface area contributed by atoms with Gasteiger partial charge in [0.1, 0.15) is 5.78 Å². The van der Waals surface area contributed by atoms with Crippen molar-refractivity contribution in [2.24, 2.45) is 0 Å². The lowest BCUT2D eigenvalue weighted by Gasteiger charge is -2.01. The van der Waals surface area contributed by atoms with Crippen LogP contribution in [0, 0.1) is 0 Å². The van der Waals surface area contributed by atoms with Gasteiger partial charge < -0.3 is 4.79 Å². The second-order valence-electron chi connectivity index (χ2n) is 4.57. The van der Waals surface area contributed by atoms with Crippen LogP contribution in [0.5, 0.6) is 0 Å². The molecule has 0 aliphatic heterocycles. The van der Waals surface area contributed by atoms with Crippen molar-refractivity contribution in [2.45, 2.75) is 64.7 Å². The molecule has 102 valence electrons. The van der Waals surface area contributed by atoms with Crippen LogP contribution in [0.3, 0.4) is 0 Å². The van der Waals surface area contributed by atoms with Crippen molar-refractivity contribution in [2.75, 3.05) is 5.75 Å². The van der Waals surface area contributed by atoms with Crippen molar-refractivity contribution in [3.8, 4) is 0 Å². The topological polar surface area (TPSA) is 71.4 Å². The molecule has 0 spiro atoms. The Balaban J connectivity index is 3.11. The lowest BCUT2D eigenvalue weighted by atomic mass is 10.1. The summed E-state index contributed by atoms with van der Waals surface area (Å²) >= 11 is 0. The van der Waals surface area contributed by atoms with Gasteiger partial charge in [-0.2, -0.15) is 8.42 Å². The van der Waals surface area contributed by atoms with E-state index < -0.39 is 10.1 Å². The Hall–Kier alpha value is -0.420. The smallest absolute Gasteiger partial charge is 0.264 e. The van der Waals surface area contributed by atoms with Crippen LogP contribution in [0.15, 0.2) is 0 Å². The first-order chi connectivity index (χ1) is 7.92. The first-order valence-corrected chi connectivity index (χ1v) is 7.97. The highest BCUT2D eigenvalue weighted by atomic mass is 32.2. The fourth-order valence-electron chi connectivity index (χ4n) is 1.72. The maximum atomic E-state index is 10.7. The van der Waals surface area contributed by atoms with Crippen molar-refractivity contribution in [1.29, 1.82) is 0 Å². The largest absolute Gasteiger partial charge is 0.300 e. The highest BCUT2D eigenvalue weighted by Gasteiger charge is 2.02. The molecule has 0 aromatic heterocycles. The summed E-state index contributed by atoms with van der Waals surface area (Å²) in [5.74, 6) is 0.140. The molecule has 0 aliphatic rings. The molecule has 0 atom stereocenters. The van der Waals surface area contributed by atoms with Gasteiger partial charge in [0.2, 0.25) is 0 Å². The molecule has 1 N–H and O–H groups in total. The summed E-state index contributed by atoms with van der Waals surface area (Å²) in [7, 11) is -3.77. The lowest BCUT2D eigenvalue weighted by Crippen LogP contribution is -2.03. The fraction of sp³-hybridized carbons (Fsp3) is 0.917. The highest BCUT2D eigenvalue weighted by Crippen LogP contribution is 2.10. The predicted octanol–water partition coefficient (Wildman–Crippen LogP) is 2.97. The van der Waals surface area contributed by atoms with Gasteiger partial charge in [0.05, 0.1) is 5.75 Å². The van der Waals surface area contributed by atoms with Gasteiger partial charge in [0, 0.05) is 6.42 Å². The molecule has 0 aromatic rings. The average molecular weight is 264 g/mol. The molecule has 0 heterocycles. The molecule has 0 rings (SSSR count). The number of hydrogen-bond donors (Lipinski definition) is 1. The quantitative estimate of drug-likeness (QED) is 0.460. The zero-order valence-electron chi connectivity index (χ0n) is 10.7. The van der Waals surface area contributed by atoms with E-state index in [0.29, 0.717) is 12.8 Å². The van der Waals surface area contributed by atoms with Crippen LogP contribution in [0.25, 0.3) is 0 Å². The zero-order chi connectivity index (χ0) is 13.1. The van der Waals surface area contributed by atoms with Gasteiger partial charge in [0.15, 0.2) is 0 Å². The standard InChI is InChI=1S/C12H24O4S/c1-12(13)10-8-6-4-2-3-5-7-9-11-17(14,15)16/h2-11H2,1H3,(H,14,15,16). The van der Waals surface area contributed by atoms with Gasteiger partial charge in [-0.25, -0.2) is 0 Å². The van der Waals surface area contributed by atoms with Gasteiger partial charge in [-0.15, -0.1) is 0 Å². The van der Waals surface area contributed by atoms with Gasteiger partial charge in [-0.1, -0.05) is 38.5 Å². The molecule has 0 unspecified atom stereocenters. The molecule has 0 saturated carbocycles. The van der Waals surface area contributed by atoms with E-state index in [2.05, 4.69) is 0 Å². The monoisotopic (exact) mass is 264 g/mol. The number of hydrogen-bond acceptors (Lipinski definition) is 3. The Bertz CT molecular complexity index is 296. The van der Waals surface area contributed by atoms with Crippen LogP contribution in [0.1, 0.15) is 64.7 Å². The van der Waals surface area contributed by atoms with E-state index in [1.807, 2.05) is 0 Å². The number of unbranched alkanes of at least 4 members (excludes halogenated alkanes) is 7. The summed E-state index contributed by atoms with van der Waals surface area (Å²) < 4.78 is 29.3. The molecule has 0 saturated heterocycles. The summed E-state index contributed by atoms with van der Waals surface area (Å²) in [6, 6.07) is 0. The first kappa shape index (κ1) is 16.6. The summed E-state index contributed by atoms with van der Waals surface area (Å²) in [6.45, 7) is 1.62. The molecule has 17 heavy (non-hydrogen) atoms. The van der Waals surface area contributed by atoms with Crippen molar-refractivity contribution < 1.29 is 17.8 Å². The van der Waals surface area contributed by atoms with Crippen LogP contribution in [0.2, 0.25) is 0 Å². The maximum Gasteiger partial charge on any atom is 0.264 e. The lowest BCUT2D eigenvalue weighted by molar-refractivity contribution is -0.117. The summed E-state index contributed by atoms with van der Waals surface area (Å²) in [6.07, 6.45) is 8.58. The van der Waals surface area contributed by atoms with Crippen molar-refractivity contribution in [3.05, 3.63) is 0 Å². The Kier molecular flexibility index (Phi) is 9.36. The average Bonchev–Trinajstić information content (AvgIpc) is 2.18. The second kappa shape index (κ2) is 9.59. The fourth-order valence-corrected chi connectivity index (χ4v) is 2.29. The number of carbonyl (C=O) groups is 1. The van der Waals surface area contributed by atoms with Crippen molar-refractivity contribution in [1.82, 2.24) is 0 Å². The number of rotatable bonds is 11. The third kappa shape index (κ3) is 15.6. The van der Waals surface area contributed by atoms with E-state index >= 15 is 0 Å². The Morgan fingerprint density at radius 1 is 0.882 bits per heavy atom. The minimum atomic E-state index is -3.77. The molecule has 0 aliphatic carbocycles. The molecule has 0 bridgehead atoms. The second-order valence-corrected chi connectivity index (χ2v) is 6.14. The molecule has 4 nitrogen and oxygen atoms in total. The number of carbonyl (C=O) groups excluding carboxylic acids is 1. The van der Waals surface area contributed by atoms with E-state index in [0.717, 1.165) is 44.9 Å². The van der Waals surface area contributed by atoms with Crippen molar-refractivity contribution in [3.63, 3.8) is 0 Å². The van der Waals surface area contributed by atoms with Gasteiger partial charge in [0.25, 0.3) is 10.1 Å². The van der Waals surface area contributed by atoms with Crippen LogP contribution >= 0.6 is 0 Å². The van der Waals surface area contributed by atoms with Crippen LogP contribution in [0.4, 0.5) is 0 Å². The van der Waals surface area contributed by atoms with Crippen LogP contribution < -0.4 is 0 Å². The molecule has 0 fully saturated rings. The normalized spacial score (nSPS) is 11.6. The Morgan fingerprint density at radius 2 is 1.29 bits per heavy atom. The molecular weight excluding hydrogens is 240 g/mol. The number of Topliss-reactive ketones (excluding diaryl/α,β-unsaturated/α-hetero) is 1. The maximum absolute atomic E-state index is 10.7. The van der Waals surface area contributed by atoms with Gasteiger partial charge in [-0.3, -0.25) is 4.55 Å². The third-order valence-corrected chi connectivity index (χ3v) is 3.49. The Morgan fingerprint density at radius 3 is 1.71 bits per heavy atom. The SMILES string of the molecule is CC(=O)CCCCCCCCCCS(=O)(=O)O. The zero-order valence-corrected chi connectivity index (χ0v) is 11.5. The molecular formula is C12H24O4S. The molecule has 0 amide bonds. The molecule has 5 heteroatoms. The van der Waals surface area contributed by atoms with E-state index in [9.17, 15) is 13.2 Å². The van der Waals surface area contributed by atoms with Crippen LogP contribution in [-0.2, 0) is 14.9 Å². The van der Waals surface area contributed by atoms with Gasteiger partial charge >= 0.3 is 0 Å². The Labute approximate surface area is 105 Å². The van der Waals surface area contributed by atoms with Crippen LogP contribution in [-0.4, -0.2) is 24.5 Å². The van der Waals surface area contributed by atoms with E-state index in [1.54, 1.807) is 6.92 Å². The number of ketones is 1. The summed E-state index contributed by atoms with van der Waals surface area (Å²) in [5.41, 5.74) is 0. The predicted molar refractivity (Wildman–Crippen MR) is 68.6 cm³/mol. The molecule has 0 radical (unpaired) electrons.